The van der Waals surface area contributed by atoms with Gasteiger partial charge < -0.3 is 10.1 Å². The van der Waals surface area contributed by atoms with E-state index in [1.807, 2.05) is 6.92 Å². The van der Waals surface area contributed by atoms with Crippen LogP contribution in [0.5, 0.6) is 0 Å². The van der Waals surface area contributed by atoms with Crippen molar-refractivity contribution in [2.24, 2.45) is 0 Å². The summed E-state index contributed by atoms with van der Waals surface area (Å²) < 4.78 is 5.05. The molecule has 0 bridgehead atoms. The highest BCUT2D eigenvalue weighted by Gasteiger charge is 2.03. The summed E-state index contributed by atoms with van der Waals surface area (Å²) in [6, 6.07) is 1.49. The Kier molecular flexibility index (Phi) is 5.00. The van der Waals surface area contributed by atoms with Gasteiger partial charge in [-0.15, -0.1) is 0 Å². The quantitative estimate of drug-likeness (QED) is 0.614. The van der Waals surface area contributed by atoms with Crippen LogP contribution in [0.1, 0.15) is 13.3 Å². The van der Waals surface area contributed by atoms with Gasteiger partial charge in [-0.1, -0.05) is 11.6 Å². The van der Waals surface area contributed by atoms with Gasteiger partial charge in [0.2, 0.25) is 5.91 Å². The van der Waals surface area contributed by atoms with E-state index >= 15 is 0 Å². The highest BCUT2D eigenvalue weighted by Crippen LogP contribution is 2.08. The standard InChI is InChI=1S/C9H12ClN3O2/c1-2-15-4-3-9(14)13-8-5-7(10)11-6-12-8/h5-6H,2-4H2,1H3,(H,11,12,13,14). The molecule has 0 aliphatic heterocycles. The lowest BCUT2D eigenvalue weighted by molar-refractivity contribution is -0.117. The summed E-state index contributed by atoms with van der Waals surface area (Å²) >= 11 is 5.63. The average Bonchev–Trinajstić information content (AvgIpc) is 2.18. The van der Waals surface area contributed by atoms with Crippen molar-refractivity contribution in [2.75, 3.05) is 18.5 Å². The van der Waals surface area contributed by atoms with Gasteiger partial charge in [0.15, 0.2) is 0 Å². The molecule has 1 amide bonds. The summed E-state index contributed by atoms with van der Waals surface area (Å²) in [5, 5.41) is 2.88. The summed E-state index contributed by atoms with van der Waals surface area (Å²) in [7, 11) is 0. The molecule has 0 saturated heterocycles. The van der Waals surface area contributed by atoms with Crippen LogP contribution in [0.25, 0.3) is 0 Å². The Morgan fingerprint density at radius 1 is 1.60 bits per heavy atom. The molecule has 1 aromatic rings. The summed E-state index contributed by atoms with van der Waals surface area (Å²) in [6.45, 7) is 2.88. The van der Waals surface area contributed by atoms with Crippen molar-refractivity contribution in [3.05, 3.63) is 17.5 Å². The minimum atomic E-state index is -0.154. The van der Waals surface area contributed by atoms with E-state index in [1.165, 1.54) is 12.4 Å². The topological polar surface area (TPSA) is 64.1 Å². The number of carbonyl (C=O) groups excluding carboxylic acids is 1. The Morgan fingerprint density at radius 2 is 2.40 bits per heavy atom. The molecule has 15 heavy (non-hydrogen) atoms. The third kappa shape index (κ3) is 4.71. The zero-order chi connectivity index (χ0) is 11.1. The lowest BCUT2D eigenvalue weighted by Crippen LogP contribution is -2.15. The Hall–Kier alpha value is -1.20. The van der Waals surface area contributed by atoms with Crippen LogP contribution in [0.15, 0.2) is 12.4 Å². The fourth-order valence-corrected chi connectivity index (χ4v) is 1.06. The first-order chi connectivity index (χ1) is 7.22. The van der Waals surface area contributed by atoms with Crippen molar-refractivity contribution in [3.63, 3.8) is 0 Å². The van der Waals surface area contributed by atoms with Crippen molar-refractivity contribution in [1.29, 1.82) is 0 Å². The van der Waals surface area contributed by atoms with Gasteiger partial charge in [0.25, 0.3) is 0 Å². The smallest absolute Gasteiger partial charge is 0.227 e. The van der Waals surface area contributed by atoms with Crippen LogP contribution in [0.3, 0.4) is 0 Å². The number of halogens is 1. The molecule has 0 saturated carbocycles. The van der Waals surface area contributed by atoms with E-state index in [-0.39, 0.29) is 5.91 Å². The number of hydrogen-bond donors (Lipinski definition) is 1. The molecule has 0 unspecified atom stereocenters. The molecule has 0 aliphatic rings. The number of hydrogen-bond acceptors (Lipinski definition) is 4. The van der Waals surface area contributed by atoms with Crippen LogP contribution < -0.4 is 5.32 Å². The van der Waals surface area contributed by atoms with Crippen LogP contribution >= 0.6 is 11.6 Å². The summed E-state index contributed by atoms with van der Waals surface area (Å²) in [4.78, 5) is 18.8. The maximum absolute atomic E-state index is 11.3. The predicted molar refractivity (Wildman–Crippen MR) is 56.8 cm³/mol. The molecule has 1 rings (SSSR count). The fourth-order valence-electron chi connectivity index (χ4n) is 0.916. The molecule has 0 atom stereocenters. The number of rotatable bonds is 5. The van der Waals surface area contributed by atoms with Crippen molar-refractivity contribution in [2.45, 2.75) is 13.3 Å². The molecular formula is C9H12ClN3O2. The third-order valence-corrected chi connectivity index (χ3v) is 1.79. The lowest BCUT2D eigenvalue weighted by Gasteiger charge is -2.03. The molecular weight excluding hydrogens is 218 g/mol. The van der Waals surface area contributed by atoms with E-state index in [9.17, 15) is 4.79 Å². The Labute approximate surface area is 92.8 Å². The second-order valence-corrected chi connectivity index (χ2v) is 3.11. The first-order valence-corrected chi connectivity index (χ1v) is 4.95. The van der Waals surface area contributed by atoms with Crippen LogP contribution in [0.2, 0.25) is 5.15 Å². The molecule has 0 aromatic carbocycles. The van der Waals surface area contributed by atoms with Gasteiger partial charge in [0.1, 0.15) is 17.3 Å². The van der Waals surface area contributed by atoms with E-state index in [4.69, 9.17) is 16.3 Å². The van der Waals surface area contributed by atoms with Crippen molar-refractivity contribution < 1.29 is 9.53 Å². The second-order valence-electron chi connectivity index (χ2n) is 2.72. The van der Waals surface area contributed by atoms with Crippen molar-refractivity contribution >= 4 is 23.3 Å². The van der Waals surface area contributed by atoms with Gasteiger partial charge in [0.05, 0.1) is 13.0 Å². The zero-order valence-electron chi connectivity index (χ0n) is 8.36. The van der Waals surface area contributed by atoms with Crippen molar-refractivity contribution in [1.82, 2.24) is 9.97 Å². The number of carbonyl (C=O) groups is 1. The first kappa shape index (κ1) is 11.9. The maximum Gasteiger partial charge on any atom is 0.227 e. The molecule has 0 spiro atoms. The molecule has 1 heterocycles. The third-order valence-electron chi connectivity index (χ3n) is 1.58. The van der Waals surface area contributed by atoms with Gasteiger partial charge in [-0.3, -0.25) is 4.79 Å². The Bertz CT molecular complexity index is 333. The first-order valence-electron chi connectivity index (χ1n) is 4.57. The molecule has 6 heteroatoms. The van der Waals surface area contributed by atoms with Crippen LogP contribution in [0.4, 0.5) is 5.82 Å². The average molecular weight is 230 g/mol. The molecule has 1 N–H and O–H groups in total. The van der Waals surface area contributed by atoms with E-state index in [0.29, 0.717) is 30.6 Å². The van der Waals surface area contributed by atoms with Gasteiger partial charge >= 0.3 is 0 Å². The predicted octanol–water partition coefficient (Wildman–Crippen LogP) is 1.50. The molecule has 0 radical (unpaired) electrons. The fraction of sp³-hybridized carbons (Fsp3) is 0.444. The molecule has 0 aliphatic carbocycles. The molecule has 82 valence electrons. The lowest BCUT2D eigenvalue weighted by atomic mass is 10.4. The van der Waals surface area contributed by atoms with Gasteiger partial charge in [-0.25, -0.2) is 9.97 Å². The van der Waals surface area contributed by atoms with E-state index in [2.05, 4.69) is 15.3 Å². The molecule has 0 fully saturated rings. The normalized spacial score (nSPS) is 10.0. The molecule has 1 aromatic heterocycles. The van der Waals surface area contributed by atoms with E-state index in [0.717, 1.165) is 0 Å². The minimum absolute atomic E-state index is 0.154. The minimum Gasteiger partial charge on any atom is -0.381 e. The number of anilines is 1. The highest BCUT2D eigenvalue weighted by molar-refractivity contribution is 6.29. The number of nitrogens with zero attached hydrogens (tertiary/aromatic N) is 2. The second kappa shape index (κ2) is 6.31. The highest BCUT2D eigenvalue weighted by atomic mass is 35.5. The summed E-state index contributed by atoms with van der Waals surface area (Å²) in [5.74, 6) is 0.245. The maximum atomic E-state index is 11.3. The van der Waals surface area contributed by atoms with Crippen LogP contribution in [-0.4, -0.2) is 29.1 Å². The van der Waals surface area contributed by atoms with Crippen LogP contribution in [-0.2, 0) is 9.53 Å². The number of ether oxygens (including phenoxy) is 1. The van der Waals surface area contributed by atoms with Gasteiger partial charge in [0, 0.05) is 12.7 Å². The van der Waals surface area contributed by atoms with E-state index < -0.39 is 0 Å². The van der Waals surface area contributed by atoms with Gasteiger partial charge in [-0.2, -0.15) is 0 Å². The van der Waals surface area contributed by atoms with E-state index in [1.54, 1.807) is 0 Å². The Balaban J connectivity index is 2.37. The monoisotopic (exact) mass is 229 g/mol. The van der Waals surface area contributed by atoms with Crippen molar-refractivity contribution in [3.8, 4) is 0 Å². The number of nitrogens with one attached hydrogen (secondary N) is 1. The zero-order valence-corrected chi connectivity index (χ0v) is 9.12. The summed E-state index contributed by atoms with van der Waals surface area (Å²) in [5.41, 5.74) is 0. The summed E-state index contributed by atoms with van der Waals surface area (Å²) in [6.07, 6.45) is 1.59. The van der Waals surface area contributed by atoms with Gasteiger partial charge in [-0.05, 0) is 6.92 Å². The molecule has 5 nitrogen and oxygen atoms in total. The largest absolute Gasteiger partial charge is 0.381 e. The SMILES string of the molecule is CCOCCC(=O)Nc1cc(Cl)ncn1. The number of aromatic nitrogens is 2. The Morgan fingerprint density at radius 3 is 3.07 bits per heavy atom. The van der Waals surface area contributed by atoms with Crippen LogP contribution in [0, 0.1) is 0 Å². The number of amides is 1.